The Morgan fingerprint density at radius 1 is 0.690 bits per heavy atom. The summed E-state index contributed by atoms with van der Waals surface area (Å²) in [5.41, 5.74) is 6.10. The zero-order valence-electron chi connectivity index (χ0n) is 18.2. The summed E-state index contributed by atoms with van der Waals surface area (Å²) in [5, 5.41) is 0. The van der Waals surface area contributed by atoms with E-state index in [0.29, 0.717) is 0 Å². The molecule has 154 valence electrons. The van der Waals surface area contributed by atoms with Gasteiger partial charge in [0.25, 0.3) is 0 Å². The van der Waals surface area contributed by atoms with Crippen molar-refractivity contribution in [2.45, 2.75) is 52.5 Å². The van der Waals surface area contributed by atoms with E-state index in [9.17, 15) is 0 Å². The highest BCUT2D eigenvalue weighted by Gasteiger charge is 2.12. The molecular weight excluding hydrogens is 369 g/mol. The van der Waals surface area contributed by atoms with Crippen LogP contribution in [-0.4, -0.2) is 23.1 Å². The van der Waals surface area contributed by atoms with E-state index in [4.69, 9.17) is 0 Å². The second kappa shape index (κ2) is 12.0. The molecule has 29 heavy (non-hydrogen) atoms. The van der Waals surface area contributed by atoms with E-state index in [1.165, 1.54) is 61.8 Å². The molecule has 2 aromatic carbocycles. The van der Waals surface area contributed by atoms with Crippen LogP contribution in [0.5, 0.6) is 0 Å². The first kappa shape index (κ1) is 21.8. The molecule has 0 aliphatic rings. The topological polar surface area (TPSA) is 4.93 Å². The normalized spacial score (nSPS) is 11.3. The van der Waals surface area contributed by atoms with Crippen molar-refractivity contribution < 1.29 is 0 Å². The SMILES string of the molecule is CCCc1c(CC)ccn1CCP(CCc1ccccc1)CCc1ccccc1. The van der Waals surface area contributed by atoms with Gasteiger partial charge in [-0.05, 0) is 66.9 Å². The Hall–Kier alpha value is -1.85. The Balaban J connectivity index is 1.63. The van der Waals surface area contributed by atoms with Crippen LogP contribution < -0.4 is 0 Å². The van der Waals surface area contributed by atoms with Gasteiger partial charge in [-0.15, -0.1) is 7.92 Å². The number of aromatic nitrogens is 1. The first-order chi connectivity index (χ1) is 14.3. The monoisotopic (exact) mass is 405 g/mol. The lowest BCUT2D eigenvalue weighted by atomic mass is 10.1. The van der Waals surface area contributed by atoms with Crippen LogP contribution in [0.2, 0.25) is 0 Å². The standard InChI is InChI=1S/C27H36NP/c1-3-11-27-26(4-2)16-19-28(27)20-23-29(21-17-24-12-7-5-8-13-24)22-18-25-14-9-6-10-15-25/h5-10,12-16,19H,3-4,11,17-18,20-23H2,1-2H3. The summed E-state index contributed by atoms with van der Waals surface area (Å²) >= 11 is 0. The largest absolute Gasteiger partial charge is 0.351 e. The molecule has 3 rings (SSSR count). The molecule has 0 saturated carbocycles. The second-order valence-electron chi connectivity index (χ2n) is 7.90. The van der Waals surface area contributed by atoms with Gasteiger partial charge in [0.05, 0.1) is 0 Å². The van der Waals surface area contributed by atoms with Crippen LogP contribution in [0.25, 0.3) is 0 Å². The zero-order valence-corrected chi connectivity index (χ0v) is 19.1. The Labute approximate surface area is 178 Å². The van der Waals surface area contributed by atoms with Crippen LogP contribution in [0.3, 0.4) is 0 Å². The van der Waals surface area contributed by atoms with Crippen LogP contribution in [0, 0.1) is 0 Å². The van der Waals surface area contributed by atoms with E-state index in [2.05, 4.69) is 91.3 Å². The molecule has 3 aromatic rings. The minimum absolute atomic E-state index is 0.0308. The summed E-state index contributed by atoms with van der Waals surface area (Å²) in [6, 6.07) is 24.4. The molecule has 0 fully saturated rings. The van der Waals surface area contributed by atoms with Crippen LogP contribution in [0.15, 0.2) is 72.9 Å². The highest BCUT2D eigenvalue weighted by Crippen LogP contribution is 2.37. The molecule has 0 amide bonds. The van der Waals surface area contributed by atoms with Crippen molar-refractivity contribution in [3.8, 4) is 0 Å². The number of rotatable bonds is 12. The fraction of sp³-hybridized carbons (Fsp3) is 0.407. The molecule has 0 atom stereocenters. The minimum atomic E-state index is 0.0308. The van der Waals surface area contributed by atoms with Crippen molar-refractivity contribution >= 4 is 7.92 Å². The highest BCUT2D eigenvalue weighted by molar-refractivity contribution is 7.57. The van der Waals surface area contributed by atoms with Gasteiger partial charge >= 0.3 is 0 Å². The van der Waals surface area contributed by atoms with Crippen LogP contribution in [0.4, 0.5) is 0 Å². The van der Waals surface area contributed by atoms with Gasteiger partial charge in [0.15, 0.2) is 0 Å². The average Bonchev–Trinajstić information content (AvgIpc) is 3.16. The number of aryl methyl sites for hydroxylation is 4. The van der Waals surface area contributed by atoms with Crippen LogP contribution in [-0.2, 0) is 32.2 Å². The molecule has 0 unspecified atom stereocenters. The highest BCUT2D eigenvalue weighted by atomic mass is 31.1. The summed E-state index contributed by atoms with van der Waals surface area (Å²) in [4.78, 5) is 0. The van der Waals surface area contributed by atoms with E-state index in [0.717, 1.165) is 6.42 Å². The van der Waals surface area contributed by atoms with E-state index in [1.807, 2.05) is 0 Å². The summed E-state index contributed by atoms with van der Waals surface area (Å²) < 4.78 is 2.56. The summed E-state index contributed by atoms with van der Waals surface area (Å²) in [6.45, 7) is 5.76. The summed E-state index contributed by atoms with van der Waals surface area (Å²) in [5.74, 6) is 0. The van der Waals surface area contributed by atoms with Gasteiger partial charge in [-0.3, -0.25) is 0 Å². The number of hydrogen-bond acceptors (Lipinski definition) is 0. The van der Waals surface area contributed by atoms with Gasteiger partial charge in [-0.2, -0.15) is 0 Å². The molecule has 0 saturated heterocycles. The first-order valence-electron chi connectivity index (χ1n) is 11.3. The van der Waals surface area contributed by atoms with Crippen molar-refractivity contribution in [1.29, 1.82) is 0 Å². The van der Waals surface area contributed by atoms with Crippen LogP contribution >= 0.6 is 7.92 Å². The van der Waals surface area contributed by atoms with E-state index < -0.39 is 0 Å². The van der Waals surface area contributed by atoms with Gasteiger partial charge in [0.1, 0.15) is 0 Å². The third-order valence-corrected chi connectivity index (χ3v) is 8.36. The third-order valence-electron chi connectivity index (χ3n) is 5.82. The minimum Gasteiger partial charge on any atom is -0.351 e. The van der Waals surface area contributed by atoms with Crippen molar-refractivity contribution in [3.05, 3.63) is 95.3 Å². The third kappa shape index (κ3) is 6.86. The van der Waals surface area contributed by atoms with Crippen molar-refractivity contribution in [2.75, 3.05) is 18.5 Å². The number of nitrogens with zero attached hydrogens (tertiary/aromatic N) is 1. The van der Waals surface area contributed by atoms with E-state index >= 15 is 0 Å². The average molecular weight is 406 g/mol. The molecule has 0 aliphatic heterocycles. The molecule has 0 aliphatic carbocycles. The predicted molar refractivity (Wildman–Crippen MR) is 130 cm³/mol. The second-order valence-corrected chi connectivity index (χ2v) is 10.6. The molecule has 2 heteroatoms. The van der Waals surface area contributed by atoms with Gasteiger partial charge in [0.2, 0.25) is 0 Å². The van der Waals surface area contributed by atoms with Gasteiger partial charge < -0.3 is 4.57 Å². The van der Waals surface area contributed by atoms with Crippen molar-refractivity contribution in [1.82, 2.24) is 4.57 Å². The molecule has 1 nitrogen and oxygen atoms in total. The molecule has 0 bridgehead atoms. The lowest BCUT2D eigenvalue weighted by Crippen LogP contribution is -2.09. The van der Waals surface area contributed by atoms with E-state index in [1.54, 1.807) is 11.3 Å². The lowest BCUT2D eigenvalue weighted by Gasteiger charge is -2.20. The molecule has 1 heterocycles. The van der Waals surface area contributed by atoms with E-state index in [-0.39, 0.29) is 7.92 Å². The Kier molecular flexibility index (Phi) is 9.03. The lowest BCUT2D eigenvalue weighted by molar-refractivity contribution is 0.697. The summed E-state index contributed by atoms with van der Waals surface area (Å²) in [6.07, 6.45) is 12.4. The quantitative estimate of drug-likeness (QED) is 0.287. The van der Waals surface area contributed by atoms with Gasteiger partial charge in [-0.1, -0.05) is 80.9 Å². The Bertz CT molecular complexity index is 779. The first-order valence-corrected chi connectivity index (χ1v) is 13.2. The van der Waals surface area contributed by atoms with Gasteiger partial charge in [0, 0.05) is 18.4 Å². The predicted octanol–water partition coefficient (Wildman–Crippen LogP) is 6.97. The molecule has 0 spiro atoms. The molecular formula is C27H36NP. The summed E-state index contributed by atoms with van der Waals surface area (Å²) in [7, 11) is 0.0308. The molecule has 0 radical (unpaired) electrons. The maximum atomic E-state index is 2.56. The maximum absolute atomic E-state index is 2.56. The number of hydrogen-bond donors (Lipinski definition) is 0. The smallest absolute Gasteiger partial charge is 0.0261 e. The fourth-order valence-corrected chi connectivity index (χ4v) is 6.39. The Morgan fingerprint density at radius 3 is 1.79 bits per heavy atom. The fourth-order valence-electron chi connectivity index (χ4n) is 4.07. The maximum Gasteiger partial charge on any atom is 0.0261 e. The van der Waals surface area contributed by atoms with Crippen molar-refractivity contribution in [3.63, 3.8) is 0 Å². The molecule has 1 aromatic heterocycles. The number of benzene rings is 2. The molecule has 0 N–H and O–H groups in total. The van der Waals surface area contributed by atoms with Gasteiger partial charge in [-0.25, -0.2) is 0 Å². The van der Waals surface area contributed by atoms with Crippen LogP contribution in [0.1, 0.15) is 42.7 Å². The van der Waals surface area contributed by atoms with Crippen molar-refractivity contribution in [2.24, 2.45) is 0 Å². The Morgan fingerprint density at radius 2 is 1.28 bits per heavy atom. The zero-order chi connectivity index (χ0) is 20.3.